The summed E-state index contributed by atoms with van der Waals surface area (Å²) in [5.74, 6) is 2.95. The van der Waals surface area contributed by atoms with Crippen molar-refractivity contribution in [3.8, 4) is 6.07 Å². The Bertz CT molecular complexity index is 556. The summed E-state index contributed by atoms with van der Waals surface area (Å²) in [4.78, 5) is 9.46. The molecule has 3 unspecified atom stereocenters. The molecule has 1 saturated heterocycles. The van der Waals surface area contributed by atoms with Gasteiger partial charge in [-0.15, -0.1) is 0 Å². The van der Waals surface area contributed by atoms with Crippen LogP contribution >= 0.6 is 0 Å². The van der Waals surface area contributed by atoms with E-state index in [9.17, 15) is 0 Å². The van der Waals surface area contributed by atoms with Crippen LogP contribution in [0.2, 0.25) is 0 Å². The highest BCUT2D eigenvalue weighted by Crippen LogP contribution is 2.46. The van der Waals surface area contributed by atoms with Crippen molar-refractivity contribution in [1.82, 2.24) is 9.88 Å². The van der Waals surface area contributed by atoms with Gasteiger partial charge < -0.3 is 4.90 Å². The third-order valence-electron chi connectivity index (χ3n) is 5.66. The van der Waals surface area contributed by atoms with E-state index in [2.05, 4.69) is 20.9 Å². The predicted octanol–water partition coefficient (Wildman–Crippen LogP) is 2.26. The third kappa shape index (κ3) is 2.40. The Kier molecular flexibility index (Phi) is 3.31. The van der Waals surface area contributed by atoms with Gasteiger partial charge in [0.1, 0.15) is 17.6 Å². The summed E-state index contributed by atoms with van der Waals surface area (Å²) in [6.07, 6.45) is 5.86. The minimum absolute atomic E-state index is 0.517. The van der Waals surface area contributed by atoms with Gasteiger partial charge in [-0.3, -0.25) is 4.90 Å². The van der Waals surface area contributed by atoms with Crippen molar-refractivity contribution in [2.24, 2.45) is 11.8 Å². The molecule has 110 valence electrons. The molecule has 0 radical (unpaired) electrons. The maximum Gasteiger partial charge on any atom is 0.142 e. The highest BCUT2D eigenvalue weighted by molar-refractivity contribution is 5.42. The lowest BCUT2D eigenvalue weighted by Crippen LogP contribution is -2.52. The van der Waals surface area contributed by atoms with Gasteiger partial charge in [0.15, 0.2) is 0 Å². The number of nitriles is 1. The molecule has 3 fully saturated rings. The van der Waals surface area contributed by atoms with E-state index in [1.165, 1.54) is 25.7 Å². The summed E-state index contributed by atoms with van der Waals surface area (Å²) >= 11 is 0. The Hall–Kier alpha value is -1.60. The molecule has 0 spiro atoms. The Labute approximate surface area is 126 Å². The summed E-state index contributed by atoms with van der Waals surface area (Å²) in [5.41, 5.74) is 0.517. The molecule has 3 aliphatic rings. The molecule has 1 aliphatic heterocycles. The summed E-state index contributed by atoms with van der Waals surface area (Å²) in [5, 5.41) is 8.97. The van der Waals surface area contributed by atoms with Crippen molar-refractivity contribution in [3.63, 3.8) is 0 Å². The molecule has 4 rings (SSSR count). The second kappa shape index (κ2) is 5.31. The van der Waals surface area contributed by atoms with Crippen LogP contribution in [0.1, 0.15) is 31.4 Å². The van der Waals surface area contributed by atoms with Crippen LogP contribution < -0.4 is 4.90 Å². The average Bonchev–Trinajstić information content (AvgIpc) is 3.18. The van der Waals surface area contributed by atoms with Crippen LogP contribution in [0, 0.1) is 23.2 Å². The molecule has 1 aromatic heterocycles. The quantitative estimate of drug-likeness (QED) is 0.834. The average molecular weight is 282 g/mol. The molecule has 4 nitrogen and oxygen atoms in total. The summed E-state index contributed by atoms with van der Waals surface area (Å²) < 4.78 is 0. The van der Waals surface area contributed by atoms with Gasteiger partial charge in [0, 0.05) is 32.2 Å². The highest BCUT2D eigenvalue weighted by atomic mass is 15.3. The lowest BCUT2D eigenvalue weighted by Gasteiger charge is -2.41. The molecule has 21 heavy (non-hydrogen) atoms. The van der Waals surface area contributed by atoms with E-state index in [1.807, 2.05) is 12.1 Å². The minimum atomic E-state index is 0.517. The molecule has 2 saturated carbocycles. The van der Waals surface area contributed by atoms with Crippen LogP contribution in [0.4, 0.5) is 5.82 Å². The first-order valence-corrected chi connectivity index (χ1v) is 8.19. The Balaban J connectivity index is 1.39. The minimum Gasteiger partial charge on any atom is -0.354 e. The zero-order chi connectivity index (χ0) is 14.2. The molecule has 2 aliphatic carbocycles. The van der Waals surface area contributed by atoms with Gasteiger partial charge in [0.05, 0.1) is 0 Å². The van der Waals surface area contributed by atoms with Crippen LogP contribution in [-0.4, -0.2) is 42.1 Å². The molecular formula is C17H22N4. The topological polar surface area (TPSA) is 43.2 Å². The van der Waals surface area contributed by atoms with Gasteiger partial charge in [0.25, 0.3) is 0 Å². The first kappa shape index (κ1) is 13.1. The van der Waals surface area contributed by atoms with Gasteiger partial charge in [0.2, 0.25) is 0 Å². The van der Waals surface area contributed by atoms with E-state index in [4.69, 9.17) is 5.26 Å². The molecule has 0 amide bonds. The number of pyridine rings is 1. The molecular weight excluding hydrogens is 260 g/mol. The van der Waals surface area contributed by atoms with Crippen molar-refractivity contribution in [2.75, 3.05) is 31.1 Å². The Morgan fingerprint density at radius 1 is 1.10 bits per heavy atom. The standard InChI is InChI=1S/C17H22N4/c18-12-15-2-1-3-17(19-15)21-8-6-20(7-9-21)16-11-13-4-5-14(16)10-13/h1-3,13-14,16H,4-11H2. The van der Waals surface area contributed by atoms with E-state index < -0.39 is 0 Å². The van der Waals surface area contributed by atoms with E-state index in [1.54, 1.807) is 6.07 Å². The number of anilines is 1. The molecule has 0 aromatic carbocycles. The van der Waals surface area contributed by atoms with Crippen LogP contribution in [0.15, 0.2) is 18.2 Å². The molecule has 2 heterocycles. The molecule has 3 atom stereocenters. The second-order valence-electron chi connectivity index (χ2n) is 6.76. The van der Waals surface area contributed by atoms with Gasteiger partial charge >= 0.3 is 0 Å². The smallest absolute Gasteiger partial charge is 0.142 e. The second-order valence-corrected chi connectivity index (χ2v) is 6.76. The van der Waals surface area contributed by atoms with Gasteiger partial charge in [-0.2, -0.15) is 5.26 Å². The lowest BCUT2D eigenvalue weighted by atomic mass is 9.93. The molecule has 0 N–H and O–H groups in total. The number of hydrogen-bond acceptors (Lipinski definition) is 4. The number of rotatable bonds is 2. The number of fused-ring (bicyclic) bond motifs is 2. The van der Waals surface area contributed by atoms with E-state index in [0.29, 0.717) is 5.69 Å². The normalized spacial score (nSPS) is 32.3. The van der Waals surface area contributed by atoms with Crippen LogP contribution in [0.3, 0.4) is 0 Å². The zero-order valence-electron chi connectivity index (χ0n) is 12.4. The van der Waals surface area contributed by atoms with Crippen molar-refractivity contribution in [2.45, 2.75) is 31.7 Å². The van der Waals surface area contributed by atoms with Crippen molar-refractivity contribution in [1.29, 1.82) is 5.26 Å². The fourth-order valence-corrected chi connectivity index (χ4v) is 4.60. The lowest BCUT2D eigenvalue weighted by molar-refractivity contribution is 0.134. The highest BCUT2D eigenvalue weighted by Gasteiger charge is 2.42. The fourth-order valence-electron chi connectivity index (χ4n) is 4.60. The van der Waals surface area contributed by atoms with Crippen LogP contribution in [0.5, 0.6) is 0 Å². The number of aromatic nitrogens is 1. The summed E-state index contributed by atoms with van der Waals surface area (Å²) in [7, 11) is 0. The van der Waals surface area contributed by atoms with Crippen molar-refractivity contribution in [3.05, 3.63) is 23.9 Å². The zero-order valence-corrected chi connectivity index (χ0v) is 12.4. The number of hydrogen-bond donors (Lipinski definition) is 0. The maximum atomic E-state index is 8.97. The molecule has 1 aromatic rings. The first-order chi connectivity index (χ1) is 10.3. The Morgan fingerprint density at radius 3 is 2.62 bits per heavy atom. The number of piperazine rings is 1. The van der Waals surface area contributed by atoms with E-state index in [-0.39, 0.29) is 0 Å². The van der Waals surface area contributed by atoms with E-state index in [0.717, 1.165) is 49.9 Å². The first-order valence-electron chi connectivity index (χ1n) is 8.19. The van der Waals surface area contributed by atoms with Crippen molar-refractivity contribution >= 4 is 5.82 Å². The van der Waals surface area contributed by atoms with Crippen LogP contribution in [0.25, 0.3) is 0 Å². The number of nitrogens with zero attached hydrogens (tertiary/aromatic N) is 4. The van der Waals surface area contributed by atoms with Gasteiger partial charge in [-0.05, 0) is 43.2 Å². The third-order valence-corrected chi connectivity index (χ3v) is 5.66. The van der Waals surface area contributed by atoms with Crippen LogP contribution in [-0.2, 0) is 0 Å². The van der Waals surface area contributed by atoms with Gasteiger partial charge in [-0.25, -0.2) is 4.98 Å². The van der Waals surface area contributed by atoms with E-state index >= 15 is 0 Å². The van der Waals surface area contributed by atoms with Crippen molar-refractivity contribution < 1.29 is 0 Å². The monoisotopic (exact) mass is 282 g/mol. The predicted molar refractivity (Wildman–Crippen MR) is 82.0 cm³/mol. The molecule has 2 bridgehead atoms. The Morgan fingerprint density at radius 2 is 1.95 bits per heavy atom. The summed E-state index contributed by atoms with van der Waals surface area (Å²) in [6, 6.07) is 8.71. The fraction of sp³-hybridized carbons (Fsp3) is 0.647. The largest absolute Gasteiger partial charge is 0.354 e. The molecule has 4 heteroatoms. The SMILES string of the molecule is N#Cc1cccc(N2CCN(C3CC4CCC3C4)CC2)n1. The van der Waals surface area contributed by atoms with Gasteiger partial charge in [-0.1, -0.05) is 12.5 Å². The maximum absolute atomic E-state index is 8.97. The summed E-state index contributed by atoms with van der Waals surface area (Å²) in [6.45, 7) is 4.37.